The predicted molar refractivity (Wildman–Crippen MR) is 76.1 cm³/mol. The number of ether oxygens (including phenoxy) is 1. The second-order valence-corrected chi connectivity index (χ2v) is 6.83. The molecule has 0 radical (unpaired) electrons. The van der Waals surface area contributed by atoms with Crippen molar-refractivity contribution in [3.63, 3.8) is 0 Å². The van der Waals surface area contributed by atoms with E-state index in [1.54, 1.807) is 0 Å². The molecule has 0 aromatic heterocycles. The molecule has 0 aromatic rings. The highest BCUT2D eigenvalue weighted by atomic mass is 16.6. The third-order valence-corrected chi connectivity index (χ3v) is 4.17. The van der Waals surface area contributed by atoms with Crippen molar-refractivity contribution in [3.8, 4) is 0 Å². The molecule has 0 amide bonds. The Bertz CT molecular complexity index is 311. The summed E-state index contributed by atoms with van der Waals surface area (Å²) in [5.74, 6) is -0.0107. The number of hydrogen-bond donors (Lipinski definition) is 1. The number of carbonyl (C=O) groups is 1. The second kappa shape index (κ2) is 5.80. The van der Waals surface area contributed by atoms with E-state index in [1.807, 2.05) is 20.8 Å². The van der Waals surface area contributed by atoms with Crippen LogP contribution in [0, 0.1) is 0 Å². The Morgan fingerprint density at radius 2 is 1.68 bits per heavy atom. The van der Waals surface area contributed by atoms with Crippen LogP contribution in [0.4, 0.5) is 0 Å². The maximum atomic E-state index is 12.7. The Morgan fingerprint density at radius 1 is 1.11 bits per heavy atom. The van der Waals surface area contributed by atoms with E-state index in [4.69, 9.17) is 4.74 Å². The number of carbonyl (C=O) groups excluding carboxylic acids is 1. The topological polar surface area (TPSA) is 41.6 Å². The van der Waals surface area contributed by atoms with E-state index in [1.165, 1.54) is 19.3 Å². The van der Waals surface area contributed by atoms with Crippen LogP contribution in [0.3, 0.4) is 0 Å². The molecule has 110 valence electrons. The fourth-order valence-corrected chi connectivity index (χ4v) is 3.18. The van der Waals surface area contributed by atoms with Gasteiger partial charge < -0.3 is 10.1 Å². The summed E-state index contributed by atoms with van der Waals surface area (Å²) in [6.45, 7) is 9.77. The first kappa shape index (κ1) is 14.8. The largest absolute Gasteiger partial charge is 0.459 e. The molecule has 2 aliphatic rings. The molecule has 0 spiro atoms. The van der Waals surface area contributed by atoms with Gasteiger partial charge in [0, 0.05) is 0 Å². The summed E-state index contributed by atoms with van der Waals surface area (Å²) >= 11 is 0. The van der Waals surface area contributed by atoms with Gasteiger partial charge in [-0.25, -0.2) is 0 Å². The summed E-state index contributed by atoms with van der Waals surface area (Å²) in [4.78, 5) is 15.1. The molecule has 2 fully saturated rings. The van der Waals surface area contributed by atoms with Crippen molar-refractivity contribution in [2.75, 3.05) is 26.2 Å². The Morgan fingerprint density at radius 3 is 2.21 bits per heavy atom. The summed E-state index contributed by atoms with van der Waals surface area (Å²) in [6.07, 6.45) is 5.46. The van der Waals surface area contributed by atoms with Crippen LogP contribution in [0.5, 0.6) is 0 Å². The lowest BCUT2D eigenvalue weighted by Crippen LogP contribution is -2.62. The quantitative estimate of drug-likeness (QED) is 0.777. The number of nitrogens with zero attached hydrogens (tertiary/aromatic N) is 1. The van der Waals surface area contributed by atoms with Gasteiger partial charge in [0.05, 0.1) is 0 Å². The number of likely N-dealkylation sites (tertiary alicyclic amines) is 1. The van der Waals surface area contributed by atoms with Crippen LogP contribution in [0.1, 0.15) is 52.9 Å². The van der Waals surface area contributed by atoms with E-state index >= 15 is 0 Å². The van der Waals surface area contributed by atoms with Gasteiger partial charge in [0.15, 0.2) is 0 Å². The summed E-state index contributed by atoms with van der Waals surface area (Å²) < 4.78 is 5.73. The zero-order valence-electron chi connectivity index (χ0n) is 12.6. The molecule has 4 heteroatoms. The van der Waals surface area contributed by atoms with Gasteiger partial charge in [0.25, 0.3) is 0 Å². The first-order valence-electron chi connectivity index (χ1n) is 7.63. The normalized spacial score (nSPS) is 25.0. The summed E-state index contributed by atoms with van der Waals surface area (Å²) in [6, 6.07) is 0. The van der Waals surface area contributed by atoms with Crippen molar-refractivity contribution < 1.29 is 9.53 Å². The minimum atomic E-state index is -0.398. The minimum Gasteiger partial charge on any atom is -0.459 e. The molecule has 0 aromatic carbocycles. The summed E-state index contributed by atoms with van der Waals surface area (Å²) in [5, 5.41) is 3.36. The minimum absolute atomic E-state index is 0.0107. The molecule has 0 aliphatic carbocycles. The molecule has 1 N–H and O–H groups in total. The number of hydrogen-bond acceptors (Lipinski definition) is 4. The molecule has 2 aliphatic heterocycles. The van der Waals surface area contributed by atoms with Crippen LogP contribution < -0.4 is 5.32 Å². The van der Waals surface area contributed by atoms with E-state index in [-0.39, 0.29) is 11.5 Å². The smallest absolute Gasteiger partial charge is 0.327 e. The molecule has 0 saturated carbocycles. The third-order valence-electron chi connectivity index (χ3n) is 4.17. The average molecular weight is 268 g/mol. The lowest BCUT2D eigenvalue weighted by atomic mass is 9.84. The zero-order valence-corrected chi connectivity index (χ0v) is 12.6. The highest BCUT2D eigenvalue weighted by molar-refractivity contribution is 5.81. The van der Waals surface area contributed by atoms with Crippen molar-refractivity contribution in [1.82, 2.24) is 10.2 Å². The zero-order chi connectivity index (χ0) is 13.9. The van der Waals surface area contributed by atoms with E-state index < -0.39 is 5.60 Å². The van der Waals surface area contributed by atoms with Crippen LogP contribution in [0.2, 0.25) is 0 Å². The molecule has 4 nitrogen and oxygen atoms in total. The molecule has 2 saturated heterocycles. The number of esters is 1. The van der Waals surface area contributed by atoms with Crippen LogP contribution >= 0.6 is 0 Å². The lowest BCUT2D eigenvalue weighted by Gasteiger charge is -2.47. The Hall–Kier alpha value is -0.610. The van der Waals surface area contributed by atoms with Gasteiger partial charge in [0.2, 0.25) is 0 Å². The Labute approximate surface area is 116 Å². The van der Waals surface area contributed by atoms with Gasteiger partial charge in [-0.2, -0.15) is 0 Å². The van der Waals surface area contributed by atoms with Gasteiger partial charge in [-0.1, -0.05) is 6.42 Å². The lowest BCUT2D eigenvalue weighted by molar-refractivity contribution is -0.173. The Balaban J connectivity index is 2.15. The maximum Gasteiger partial charge on any atom is 0.327 e. The van der Waals surface area contributed by atoms with E-state index in [0.717, 1.165) is 39.0 Å². The SMILES string of the molecule is CC(C)(C)OC(=O)C1(N2CCCCC2)CCNCC1. The Kier molecular flexibility index (Phi) is 4.51. The van der Waals surface area contributed by atoms with Crippen molar-refractivity contribution >= 4 is 5.97 Å². The number of nitrogens with one attached hydrogen (secondary N) is 1. The molecule has 2 rings (SSSR count). The number of piperidine rings is 2. The standard InChI is InChI=1S/C15H28N2O2/c1-14(2,3)19-13(18)15(7-9-16-10-8-15)17-11-5-4-6-12-17/h16H,4-12H2,1-3H3. The fourth-order valence-electron chi connectivity index (χ4n) is 3.18. The molecule has 0 atom stereocenters. The summed E-state index contributed by atoms with van der Waals surface area (Å²) in [5.41, 5.74) is -0.774. The van der Waals surface area contributed by atoms with Crippen molar-refractivity contribution in [2.45, 2.75) is 64.0 Å². The molecule has 19 heavy (non-hydrogen) atoms. The van der Waals surface area contributed by atoms with Crippen LogP contribution in [-0.4, -0.2) is 48.2 Å². The first-order valence-corrected chi connectivity index (χ1v) is 7.63. The van der Waals surface area contributed by atoms with Crippen LogP contribution in [0.15, 0.2) is 0 Å². The monoisotopic (exact) mass is 268 g/mol. The van der Waals surface area contributed by atoms with Gasteiger partial charge >= 0.3 is 5.97 Å². The first-order chi connectivity index (χ1) is 8.94. The van der Waals surface area contributed by atoms with E-state index in [0.29, 0.717) is 0 Å². The van der Waals surface area contributed by atoms with Gasteiger partial charge in [-0.05, 0) is 72.6 Å². The van der Waals surface area contributed by atoms with Crippen molar-refractivity contribution in [3.05, 3.63) is 0 Å². The van der Waals surface area contributed by atoms with E-state index in [2.05, 4.69) is 10.2 Å². The maximum absolute atomic E-state index is 12.7. The van der Waals surface area contributed by atoms with E-state index in [9.17, 15) is 4.79 Å². The second-order valence-electron chi connectivity index (χ2n) is 6.83. The highest BCUT2D eigenvalue weighted by Gasteiger charge is 2.47. The predicted octanol–water partition coefficient (Wildman–Crippen LogP) is 1.94. The highest BCUT2D eigenvalue weighted by Crippen LogP contribution is 2.32. The molecule has 0 bridgehead atoms. The van der Waals surface area contributed by atoms with Crippen molar-refractivity contribution in [1.29, 1.82) is 0 Å². The molecular weight excluding hydrogens is 240 g/mol. The third kappa shape index (κ3) is 3.48. The van der Waals surface area contributed by atoms with Crippen LogP contribution in [0.25, 0.3) is 0 Å². The number of rotatable bonds is 2. The molecular formula is C15H28N2O2. The van der Waals surface area contributed by atoms with Gasteiger partial charge in [-0.15, -0.1) is 0 Å². The summed E-state index contributed by atoms with van der Waals surface area (Å²) in [7, 11) is 0. The van der Waals surface area contributed by atoms with Crippen LogP contribution in [-0.2, 0) is 9.53 Å². The van der Waals surface area contributed by atoms with Gasteiger partial charge in [0.1, 0.15) is 11.1 Å². The van der Waals surface area contributed by atoms with Gasteiger partial charge in [-0.3, -0.25) is 9.69 Å². The molecule has 0 unspecified atom stereocenters. The fraction of sp³-hybridized carbons (Fsp3) is 0.933. The average Bonchev–Trinajstić information content (AvgIpc) is 2.38. The van der Waals surface area contributed by atoms with Crippen molar-refractivity contribution in [2.24, 2.45) is 0 Å². The molecule has 2 heterocycles.